The third-order valence-corrected chi connectivity index (χ3v) is 2.86. The molecule has 0 saturated carbocycles. The fourth-order valence-electron chi connectivity index (χ4n) is 1.69. The number of amides is 2. The third kappa shape index (κ3) is 4.61. The molecule has 0 bridgehead atoms. The van der Waals surface area contributed by atoms with Crippen LogP contribution in [0.4, 0.5) is 4.79 Å². The highest BCUT2D eigenvalue weighted by atomic mass is 16.4. The molecule has 0 aliphatic heterocycles. The van der Waals surface area contributed by atoms with Gasteiger partial charge in [0.25, 0.3) is 0 Å². The Morgan fingerprint density at radius 3 is 1.95 bits per heavy atom. The minimum atomic E-state index is -0.968. The Kier molecular flexibility index (Phi) is 4.87. The lowest BCUT2D eigenvalue weighted by Crippen LogP contribution is -2.34. The van der Waals surface area contributed by atoms with Crippen LogP contribution in [-0.2, 0) is 13.1 Å². The van der Waals surface area contributed by atoms with Gasteiger partial charge in [-0.25, -0.2) is 9.59 Å². The van der Waals surface area contributed by atoms with Crippen molar-refractivity contribution in [2.45, 2.75) is 13.1 Å². The van der Waals surface area contributed by atoms with Crippen LogP contribution >= 0.6 is 0 Å². The summed E-state index contributed by atoms with van der Waals surface area (Å²) in [7, 11) is 0. The number of rotatable bonds is 5. The molecule has 0 saturated heterocycles. The summed E-state index contributed by atoms with van der Waals surface area (Å²) in [5, 5.41) is 14.2. The molecule has 0 atom stereocenters. The molecule has 0 aliphatic rings. The Bertz CT molecular complexity index is 612. The average Bonchev–Trinajstić information content (AvgIpc) is 2.52. The first-order valence-corrected chi connectivity index (χ1v) is 6.38. The number of aromatic nitrogens is 1. The standard InChI is InChI=1S/C15H15N3O3/c19-14(20)13-3-1-11(2-4-13)9-17-15(21)18-10-12-5-7-16-8-6-12/h1-8H,9-10H2,(H,19,20)(H2,17,18,21). The number of carbonyl (C=O) groups is 2. The molecule has 0 fully saturated rings. The van der Waals surface area contributed by atoms with Gasteiger partial charge in [0, 0.05) is 25.5 Å². The van der Waals surface area contributed by atoms with E-state index in [4.69, 9.17) is 5.11 Å². The SMILES string of the molecule is O=C(NCc1ccncc1)NCc1ccc(C(=O)O)cc1. The smallest absolute Gasteiger partial charge is 0.335 e. The van der Waals surface area contributed by atoms with Crippen LogP contribution in [-0.4, -0.2) is 22.1 Å². The number of hydrogen-bond acceptors (Lipinski definition) is 3. The zero-order valence-corrected chi connectivity index (χ0v) is 11.2. The van der Waals surface area contributed by atoms with Crippen LogP contribution < -0.4 is 10.6 Å². The van der Waals surface area contributed by atoms with Gasteiger partial charge in [0.2, 0.25) is 0 Å². The minimum absolute atomic E-state index is 0.223. The van der Waals surface area contributed by atoms with Crippen molar-refractivity contribution in [3.05, 3.63) is 65.5 Å². The van der Waals surface area contributed by atoms with Gasteiger partial charge in [0.15, 0.2) is 0 Å². The highest BCUT2D eigenvalue weighted by molar-refractivity contribution is 5.87. The summed E-state index contributed by atoms with van der Waals surface area (Å²) in [5.74, 6) is -0.968. The van der Waals surface area contributed by atoms with E-state index in [2.05, 4.69) is 15.6 Å². The molecule has 2 rings (SSSR count). The van der Waals surface area contributed by atoms with Crippen molar-refractivity contribution in [2.75, 3.05) is 0 Å². The van der Waals surface area contributed by atoms with E-state index in [-0.39, 0.29) is 11.6 Å². The highest BCUT2D eigenvalue weighted by Gasteiger charge is 2.03. The minimum Gasteiger partial charge on any atom is -0.478 e. The van der Waals surface area contributed by atoms with Crippen LogP contribution in [0.3, 0.4) is 0 Å². The second-order valence-electron chi connectivity index (χ2n) is 4.39. The predicted molar refractivity (Wildman–Crippen MR) is 76.7 cm³/mol. The van der Waals surface area contributed by atoms with Gasteiger partial charge in [-0.2, -0.15) is 0 Å². The average molecular weight is 285 g/mol. The molecule has 1 aromatic heterocycles. The van der Waals surface area contributed by atoms with E-state index in [1.54, 1.807) is 24.5 Å². The van der Waals surface area contributed by atoms with Crippen LogP contribution in [0.2, 0.25) is 0 Å². The molecule has 6 heteroatoms. The van der Waals surface area contributed by atoms with Crippen molar-refractivity contribution >= 4 is 12.0 Å². The second kappa shape index (κ2) is 7.04. The molecule has 0 radical (unpaired) electrons. The van der Waals surface area contributed by atoms with Gasteiger partial charge in [-0.15, -0.1) is 0 Å². The number of carboxylic acids is 1. The first-order chi connectivity index (χ1) is 10.1. The summed E-state index contributed by atoms with van der Waals surface area (Å²) in [6.07, 6.45) is 3.33. The maximum absolute atomic E-state index is 11.6. The number of aromatic carboxylic acids is 1. The number of hydrogen-bond donors (Lipinski definition) is 3. The summed E-state index contributed by atoms with van der Waals surface area (Å²) >= 11 is 0. The van der Waals surface area contributed by atoms with Crippen molar-refractivity contribution in [1.82, 2.24) is 15.6 Å². The van der Waals surface area contributed by atoms with Crippen molar-refractivity contribution in [3.63, 3.8) is 0 Å². The first-order valence-electron chi connectivity index (χ1n) is 6.38. The number of carbonyl (C=O) groups excluding carboxylic acids is 1. The molecule has 21 heavy (non-hydrogen) atoms. The van der Waals surface area contributed by atoms with Crippen LogP contribution in [0.25, 0.3) is 0 Å². The van der Waals surface area contributed by atoms with Gasteiger partial charge in [0.1, 0.15) is 0 Å². The Balaban J connectivity index is 1.77. The lowest BCUT2D eigenvalue weighted by molar-refractivity contribution is 0.0697. The molecule has 0 spiro atoms. The van der Waals surface area contributed by atoms with Crippen molar-refractivity contribution < 1.29 is 14.7 Å². The van der Waals surface area contributed by atoms with Gasteiger partial charge in [-0.3, -0.25) is 4.98 Å². The molecule has 6 nitrogen and oxygen atoms in total. The van der Waals surface area contributed by atoms with Crippen LogP contribution in [0.15, 0.2) is 48.8 Å². The predicted octanol–water partition coefficient (Wildman–Crippen LogP) is 1.78. The molecular weight excluding hydrogens is 270 g/mol. The van der Waals surface area contributed by atoms with E-state index < -0.39 is 5.97 Å². The number of benzene rings is 1. The molecule has 2 aromatic rings. The lowest BCUT2D eigenvalue weighted by atomic mass is 10.1. The van der Waals surface area contributed by atoms with E-state index in [0.29, 0.717) is 13.1 Å². The Labute approximate surface area is 121 Å². The van der Waals surface area contributed by atoms with Crippen molar-refractivity contribution in [2.24, 2.45) is 0 Å². The Morgan fingerprint density at radius 2 is 1.43 bits per heavy atom. The van der Waals surface area contributed by atoms with Crippen molar-refractivity contribution in [1.29, 1.82) is 0 Å². The van der Waals surface area contributed by atoms with E-state index in [1.165, 1.54) is 12.1 Å². The van der Waals surface area contributed by atoms with Crippen LogP contribution in [0.5, 0.6) is 0 Å². The Morgan fingerprint density at radius 1 is 0.905 bits per heavy atom. The quantitative estimate of drug-likeness (QED) is 0.781. The van der Waals surface area contributed by atoms with Gasteiger partial charge < -0.3 is 15.7 Å². The fraction of sp³-hybridized carbons (Fsp3) is 0.133. The normalized spacial score (nSPS) is 9.90. The van der Waals surface area contributed by atoms with E-state index in [1.807, 2.05) is 12.1 Å². The van der Waals surface area contributed by atoms with Crippen LogP contribution in [0.1, 0.15) is 21.5 Å². The fourth-order valence-corrected chi connectivity index (χ4v) is 1.69. The highest BCUT2D eigenvalue weighted by Crippen LogP contribution is 2.04. The molecule has 0 unspecified atom stereocenters. The summed E-state index contributed by atoms with van der Waals surface area (Å²) in [4.78, 5) is 26.2. The first kappa shape index (κ1) is 14.5. The van der Waals surface area contributed by atoms with Gasteiger partial charge >= 0.3 is 12.0 Å². The number of urea groups is 1. The number of pyridine rings is 1. The summed E-state index contributed by atoms with van der Waals surface area (Å²) in [5.41, 5.74) is 2.02. The maximum Gasteiger partial charge on any atom is 0.335 e. The maximum atomic E-state index is 11.6. The molecule has 3 N–H and O–H groups in total. The number of nitrogens with one attached hydrogen (secondary N) is 2. The second-order valence-corrected chi connectivity index (χ2v) is 4.39. The van der Waals surface area contributed by atoms with Gasteiger partial charge in [-0.1, -0.05) is 12.1 Å². The Hall–Kier alpha value is -2.89. The topological polar surface area (TPSA) is 91.3 Å². The van der Waals surface area contributed by atoms with Gasteiger partial charge in [-0.05, 0) is 35.4 Å². The number of carboxylic acid groups (broad SMARTS) is 1. The summed E-state index contributed by atoms with van der Waals surface area (Å²) in [6.45, 7) is 0.758. The third-order valence-electron chi connectivity index (χ3n) is 2.86. The van der Waals surface area contributed by atoms with E-state index in [0.717, 1.165) is 11.1 Å². The van der Waals surface area contributed by atoms with Crippen LogP contribution in [0, 0.1) is 0 Å². The largest absolute Gasteiger partial charge is 0.478 e. The number of nitrogens with zero attached hydrogens (tertiary/aromatic N) is 1. The molecule has 1 heterocycles. The molecule has 2 amide bonds. The lowest BCUT2D eigenvalue weighted by Gasteiger charge is -2.08. The zero-order chi connectivity index (χ0) is 15.1. The summed E-state index contributed by atoms with van der Waals surface area (Å²) in [6, 6.07) is 9.73. The molecule has 108 valence electrons. The molecule has 0 aliphatic carbocycles. The van der Waals surface area contributed by atoms with Gasteiger partial charge in [0.05, 0.1) is 5.56 Å². The zero-order valence-electron chi connectivity index (χ0n) is 11.2. The summed E-state index contributed by atoms with van der Waals surface area (Å²) < 4.78 is 0. The monoisotopic (exact) mass is 285 g/mol. The van der Waals surface area contributed by atoms with Crippen molar-refractivity contribution in [3.8, 4) is 0 Å². The van der Waals surface area contributed by atoms with E-state index in [9.17, 15) is 9.59 Å². The molecule has 1 aromatic carbocycles. The molecular formula is C15H15N3O3. The van der Waals surface area contributed by atoms with E-state index >= 15 is 0 Å².